The topological polar surface area (TPSA) is 29.5 Å². The number of ketones is 1. The number of carbonyl (C=O) groups excluding carboxylic acids is 1. The van der Waals surface area contributed by atoms with Gasteiger partial charge in [-0.3, -0.25) is 4.90 Å². The van der Waals surface area contributed by atoms with Gasteiger partial charge in [0.1, 0.15) is 5.78 Å². The Balaban J connectivity index is 2.13. The number of nitrogens with zero attached hydrogens (tertiary/aromatic N) is 1. The highest BCUT2D eigenvalue weighted by Gasteiger charge is 2.26. The fraction of sp³-hybridized carbons (Fsp3) is 0.917. The molecule has 0 spiro atoms. The first-order valence-corrected chi connectivity index (χ1v) is 5.85. The number of unbranched alkanes of at least 4 members (excludes halogenated alkanes) is 1. The molecule has 0 aromatic rings. The highest BCUT2D eigenvalue weighted by Crippen LogP contribution is 2.16. The summed E-state index contributed by atoms with van der Waals surface area (Å²) in [5.41, 5.74) is -0.00116. The molecule has 1 rings (SSSR count). The van der Waals surface area contributed by atoms with Crippen molar-refractivity contribution >= 4 is 5.78 Å². The van der Waals surface area contributed by atoms with Crippen molar-refractivity contribution in [1.29, 1.82) is 0 Å². The minimum Gasteiger partial charge on any atom is -0.373 e. The summed E-state index contributed by atoms with van der Waals surface area (Å²) >= 11 is 0. The summed E-state index contributed by atoms with van der Waals surface area (Å²) in [6.45, 7) is 9.90. The summed E-state index contributed by atoms with van der Waals surface area (Å²) in [4.78, 5) is 13.2. The zero-order chi connectivity index (χ0) is 11.3. The lowest BCUT2D eigenvalue weighted by atomic mass is 10.1. The van der Waals surface area contributed by atoms with Gasteiger partial charge in [0, 0.05) is 19.5 Å². The Morgan fingerprint density at radius 2 is 2.13 bits per heavy atom. The van der Waals surface area contributed by atoms with Crippen LogP contribution >= 0.6 is 0 Å². The van der Waals surface area contributed by atoms with Crippen LogP contribution in [0.1, 0.15) is 40.0 Å². The molecule has 1 saturated heterocycles. The molecule has 0 radical (unpaired) electrons. The maximum atomic E-state index is 10.8. The zero-order valence-electron chi connectivity index (χ0n) is 10.2. The molecule has 0 N–H and O–H groups in total. The minimum absolute atomic E-state index is 0.00116. The third-order valence-corrected chi connectivity index (χ3v) is 2.76. The average Bonchev–Trinajstić information content (AvgIpc) is 2.10. The van der Waals surface area contributed by atoms with Crippen LogP contribution in [-0.4, -0.2) is 42.5 Å². The second-order valence-electron chi connectivity index (χ2n) is 5.04. The molecular formula is C12H23NO2. The van der Waals surface area contributed by atoms with Crippen LogP contribution in [0.5, 0.6) is 0 Å². The summed E-state index contributed by atoms with van der Waals surface area (Å²) in [7, 11) is 0. The molecule has 15 heavy (non-hydrogen) atoms. The van der Waals surface area contributed by atoms with Gasteiger partial charge in [-0.2, -0.15) is 0 Å². The van der Waals surface area contributed by atoms with Gasteiger partial charge in [-0.25, -0.2) is 0 Å². The monoisotopic (exact) mass is 213 g/mol. The van der Waals surface area contributed by atoms with E-state index in [4.69, 9.17) is 4.74 Å². The molecule has 0 atom stereocenters. The largest absolute Gasteiger partial charge is 0.373 e. The van der Waals surface area contributed by atoms with E-state index in [1.165, 1.54) is 0 Å². The van der Waals surface area contributed by atoms with E-state index in [0.717, 1.165) is 45.5 Å². The van der Waals surface area contributed by atoms with Crippen LogP contribution in [0.3, 0.4) is 0 Å². The van der Waals surface area contributed by atoms with Gasteiger partial charge in [0.05, 0.1) is 12.2 Å². The Bertz CT molecular complexity index is 214. The summed E-state index contributed by atoms with van der Waals surface area (Å²) < 4.78 is 5.64. The zero-order valence-corrected chi connectivity index (χ0v) is 10.2. The predicted molar refractivity (Wildman–Crippen MR) is 61.0 cm³/mol. The van der Waals surface area contributed by atoms with Gasteiger partial charge in [0.2, 0.25) is 0 Å². The second-order valence-corrected chi connectivity index (χ2v) is 5.04. The van der Waals surface area contributed by atoms with Crippen molar-refractivity contribution in [2.24, 2.45) is 0 Å². The first-order valence-electron chi connectivity index (χ1n) is 5.85. The maximum absolute atomic E-state index is 10.8. The number of ether oxygens (including phenoxy) is 1. The smallest absolute Gasteiger partial charge is 0.129 e. The fourth-order valence-electron chi connectivity index (χ4n) is 2.01. The first-order chi connectivity index (χ1) is 6.99. The van der Waals surface area contributed by atoms with E-state index < -0.39 is 0 Å². The van der Waals surface area contributed by atoms with Crippen molar-refractivity contribution < 1.29 is 9.53 Å². The van der Waals surface area contributed by atoms with E-state index in [1.807, 2.05) is 0 Å². The number of morpholine rings is 1. The summed E-state index contributed by atoms with van der Waals surface area (Å²) in [6, 6.07) is 0. The van der Waals surface area contributed by atoms with E-state index in [1.54, 1.807) is 6.92 Å². The molecule has 3 nitrogen and oxygen atoms in total. The highest BCUT2D eigenvalue weighted by atomic mass is 16.5. The van der Waals surface area contributed by atoms with E-state index in [0.29, 0.717) is 5.78 Å². The van der Waals surface area contributed by atoms with Crippen LogP contribution in [-0.2, 0) is 9.53 Å². The molecule has 1 aliphatic heterocycles. The summed E-state index contributed by atoms with van der Waals surface area (Å²) in [5, 5.41) is 0. The molecule has 3 heteroatoms. The van der Waals surface area contributed by atoms with Gasteiger partial charge in [-0.05, 0) is 40.2 Å². The normalized spacial score (nSPS) is 21.5. The molecule has 0 saturated carbocycles. The highest BCUT2D eigenvalue weighted by molar-refractivity contribution is 5.75. The lowest BCUT2D eigenvalue weighted by Gasteiger charge is -2.38. The molecule has 1 fully saturated rings. The minimum atomic E-state index is -0.00116. The van der Waals surface area contributed by atoms with E-state index in [2.05, 4.69) is 18.7 Å². The number of hydrogen-bond acceptors (Lipinski definition) is 3. The summed E-state index contributed by atoms with van der Waals surface area (Å²) in [6.07, 6.45) is 2.87. The molecule has 88 valence electrons. The van der Waals surface area contributed by atoms with Crippen molar-refractivity contribution in [3.63, 3.8) is 0 Å². The molecule has 0 bridgehead atoms. The van der Waals surface area contributed by atoms with E-state index in [9.17, 15) is 4.79 Å². The molecule has 0 unspecified atom stereocenters. The number of Topliss-reactive ketones (excluding diaryl/α,β-unsaturated/α-hetero) is 1. The van der Waals surface area contributed by atoms with Crippen LogP contribution < -0.4 is 0 Å². The lowest BCUT2D eigenvalue weighted by Crippen LogP contribution is -2.48. The van der Waals surface area contributed by atoms with Crippen LogP contribution in [0.25, 0.3) is 0 Å². The Morgan fingerprint density at radius 1 is 1.40 bits per heavy atom. The van der Waals surface area contributed by atoms with Crippen molar-refractivity contribution in [2.45, 2.75) is 45.6 Å². The van der Waals surface area contributed by atoms with Gasteiger partial charge < -0.3 is 9.53 Å². The maximum Gasteiger partial charge on any atom is 0.129 e. The SMILES string of the molecule is CC(=O)CCCCN1CCOC(C)(C)C1. The van der Waals surface area contributed by atoms with E-state index in [-0.39, 0.29) is 5.60 Å². The van der Waals surface area contributed by atoms with Gasteiger partial charge >= 0.3 is 0 Å². The van der Waals surface area contributed by atoms with Crippen molar-refractivity contribution in [3.8, 4) is 0 Å². The number of hydrogen-bond donors (Lipinski definition) is 0. The van der Waals surface area contributed by atoms with Crippen LogP contribution in [0.15, 0.2) is 0 Å². The predicted octanol–water partition coefficient (Wildman–Crippen LogP) is 1.86. The van der Waals surface area contributed by atoms with Crippen LogP contribution in [0.4, 0.5) is 0 Å². The van der Waals surface area contributed by atoms with Gasteiger partial charge in [-0.15, -0.1) is 0 Å². The van der Waals surface area contributed by atoms with Gasteiger partial charge in [0.25, 0.3) is 0 Å². The second kappa shape index (κ2) is 5.61. The number of carbonyl (C=O) groups is 1. The van der Waals surface area contributed by atoms with Crippen molar-refractivity contribution in [3.05, 3.63) is 0 Å². The molecule has 1 aliphatic rings. The fourth-order valence-corrected chi connectivity index (χ4v) is 2.01. The third kappa shape index (κ3) is 5.28. The third-order valence-electron chi connectivity index (χ3n) is 2.76. The Labute approximate surface area is 92.8 Å². The Hall–Kier alpha value is -0.410. The van der Waals surface area contributed by atoms with Gasteiger partial charge in [-0.1, -0.05) is 0 Å². The molecule has 0 amide bonds. The quantitative estimate of drug-likeness (QED) is 0.653. The van der Waals surface area contributed by atoms with E-state index >= 15 is 0 Å². The standard InChI is InChI=1S/C12H23NO2/c1-11(14)6-4-5-7-13-8-9-15-12(2,3)10-13/h4-10H2,1-3H3. The van der Waals surface area contributed by atoms with Crippen LogP contribution in [0, 0.1) is 0 Å². The lowest BCUT2D eigenvalue weighted by molar-refractivity contribution is -0.117. The molecule has 0 aromatic heterocycles. The van der Waals surface area contributed by atoms with Crippen LogP contribution in [0.2, 0.25) is 0 Å². The number of rotatable bonds is 5. The molecular weight excluding hydrogens is 190 g/mol. The van der Waals surface area contributed by atoms with Crippen molar-refractivity contribution in [2.75, 3.05) is 26.2 Å². The molecule has 0 aliphatic carbocycles. The Kier molecular flexibility index (Phi) is 4.74. The Morgan fingerprint density at radius 3 is 2.73 bits per heavy atom. The molecule has 0 aromatic carbocycles. The first kappa shape index (κ1) is 12.7. The summed E-state index contributed by atoms with van der Waals surface area (Å²) in [5.74, 6) is 0.303. The van der Waals surface area contributed by atoms with Gasteiger partial charge in [0.15, 0.2) is 0 Å². The average molecular weight is 213 g/mol. The molecule has 1 heterocycles. The van der Waals surface area contributed by atoms with Crippen molar-refractivity contribution in [1.82, 2.24) is 4.90 Å².